The predicted molar refractivity (Wildman–Crippen MR) is 122 cm³/mol. The topological polar surface area (TPSA) is 91.4 Å². The zero-order valence-corrected chi connectivity index (χ0v) is 17.5. The summed E-state index contributed by atoms with van der Waals surface area (Å²) in [4.78, 5) is 23.3. The minimum Gasteiger partial charge on any atom is -0.383 e. The fraction of sp³-hybridized carbons (Fsp3) is 0.348. The van der Waals surface area contributed by atoms with Gasteiger partial charge in [0.1, 0.15) is 5.82 Å². The van der Waals surface area contributed by atoms with Crippen LogP contribution in [0.25, 0.3) is 11.1 Å². The number of ether oxygens (including phenoxy) is 1. The number of nitrogens with one attached hydrogen (secondary N) is 3. The quantitative estimate of drug-likeness (QED) is 0.407. The third-order valence-electron chi connectivity index (χ3n) is 5.08. The van der Waals surface area contributed by atoms with Gasteiger partial charge in [0.2, 0.25) is 0 Å². The highest BCUT2D eigenvalue weighted by molar-refractivity contribution is 6.03. The first-order chi connectivity index (χ1) is 14.6. The van der Waals surface area contributed by atoms with E-state index in [2.05, 4.69) is 51.0 Å². The Morgan fingerprint density at radius 2 is 2.23 bits per heavy atom. The molecule has 7 nitrogen and oxygen atoms in total. The van der Waals surface area contributed by atoms with Crippen molar-refractivity contribution in [1.82, 2.24) is 15.3 Å². The standard InChI is InChI=1S/C23H29N5O2/c1-16(14-25-11-12-30-3)18-9-10-20(19(13-18)17-7-5-4-6-8-17)27-23(29)22-26-15-21(24-2)28-22/h7,9-10,13,15,25H,1-2,4-6,8,11-12,14H2,3H3,(H,26,28)(H,27,29). The monoisotopic (exact) mass is 407 g/mol. The van der Waals surface area contributed by atoms with E-state index in [0.29, 0.717) is 19.0 Å². The van der Waals surface area contributed by atoms with E-state index in [1.165, 1.54) is 18.2 Å². The van der Waals surface area contributed by atoms with Gasteiger partial charge in [0.25, 0.3) is 5.91 Å². The molecule has 3 rings (SSSR count). The van der Waals surface area contributed by atoms with Crippen molar-refractivity contribution in [2.45, 2.75) is 25.7 Å². The first kappa shape index (κ1) is 21.7. The van der Waals surface area contributed by atoms with E-state index >= 15 is 0 Å². The smallest absolute Gasteiger partial charge is 0.291 e. The zero-order valence-electron chi connectivity index (χ0n) is 17.5. The van der Waals surface area contributed by atoms with Crippen LogP contribution in [0.5, 0.6) is 0 Å². The van der Waals surface area contributed by atoms with Gasteiger partial charge in [-0.1, -0.05) is 18.7 Å². The summed E-state index contributed by atoms with van der Waals surface area (Å²) >= 11 is 0. The molecule has 0 unspecified atom stereocenters. The number of rotatable bonds is 10. The summed E-state index contributed by atoms with van der Waals surface area (Å²) in [7, 11) is 1.69. The van der Waals surface area contributed by atoms with Crippen LogP contribution in [-0.4, -0.2) is 49.4 Å². The molecular formula is C23H29N5O2. The second-order valence-corrected chi connectivity index (χ2v) is 7.24. The molecule has 1 amide bonds. The molecular weight excluding hydrogens is 378 g/mol. The van der Waals surface area contributed by atoms with Gasteiger partial charge in [-0.15, -0.1) is 0 Å². The van der Waals surface area contributed by atoms with Crippen LogP contribution in [0.1, 0.15) is 47.4 Å². The number of hydrogen-bond donors (Lipinski definition) is 3. The van der Waals surface area contributed by atoms with Crippen LogP contribution >= 0.6 is 0 Å². The molecule has 0 radical (unpaired) electrons. The third kappa shape index (κ3) is 5.52. The first-order valence-electron chi connectivity index (χ1n) is 10.2. The Labute approximate surface area is 177 Å². The molecule has 0 fully saturated rings. The number of aromatic nitrogens is 2. The van der Waals surface area contributed by atoms with E-state index in [-0.39, 0.29) is 11.7 Å². The number of imidazole rings is 1. The SMILES string of the molecule is C=Nc1cnc(C(=O)Nc2ccc(C(=C)CNCCOC)cc2C2=CCCCC2)[nH]1. The number of aliphatic imine (C=N–C) groups is 1. The van der Waals surface area contributed by atoms with Gasteiger partial charge in [-0.25, -0.2) is 9.98 Å². The maximum atomic E-state index is 12.7. The summed E-state index contributed by atoms with van der Waals surface area (Å²) in [6.07, 6.45) is 8.15. The number of carbonyl (C=O) groups is 1. The fourth-order valence-electron chi connectivity index (χ4n) is 3.43. The molecule has 0 bridgehead atoms. The Bertz CT molecular complexity index is 945. The van der Waals surface area contributed by atoms with Crippen molar-refractivity contribution < 1.29 is 9.53 Å². The number of anilines is 1. The number of nitrogens with zero attached hydrogens (tertiary/aromatic N) is 2. The Balaban J connectivity index is 1.82. The van der Waals surface area contributed by atoms with E-state index in [1.54, 1.807) is 7.11 Å². The number of carbonyl (C=O) groups excluding carboxylic acids is 1. The van der Waals surface area contributed by atoms with Crippen molar-refractivity contribution in [2.75, 3.05) is 32.1 Å². The van der Waals surface area contributed by atoms with E-state index < -0.39 is 0 Å². The molecule has 2 aromatic rings. The average Bonchev–Trinajstić information content (AvgIpc) is 3.27. The van der Waals surface area contributed by atoms with Crippen molar-refractivity contribution in [3.8, 4) is 0 Å². The summed E-state index contributed by atoms with van der Waals surface area (Å²) in [6, 6.07) is 6.04. The zero-order chi connectivity index (χ0) is 21.3. The molecule has 1 aliphatic carbocycles. The van der Waals surface area contributed by atoms with Crippen molar-refractivity contribution in [2.24, 2.45) is 4.99 Å². The molecule has 1 heterocycles. The second kappa shape index (κ2) is 10.7. The van der Waals surface area contributed by atoms with Crippen LogP contribution in [0.3, 0.4) is 0 Å². The highest BCUT2D eigenvalue weighted by Crippen LogP contribution is 2.33. The number of methoxy groups -OCH3 is 1. The minimum atomic E-state index is -0.310. The van der Waals surface area contributed by atoms with Gasteiger partial charge in [-0.05, 0) is 61.2 Å². The molecule has 7 heteroatoms. The van der Waals surface area contributed by atoms with E-state index in [0.717, 1.165) is 48.2 Å². The third-order valence-corrected chi connectivity index (χ3v) is 5.08. The van der Waals surface area contributed by atoms with E-state index in [9.17, 15) is 4.79 Å². The van der Waals surface area contributed by atoms with Gasteiger partial charge in [0.15, 0.2) is 5.82 Å². The molecule has 0 atom stereocenters. The molecule has 0 aliphatic heterocycles. The van der Waals surface area contributed by atoms with Crippen molar-refractivity contribution >= 4 is 35.3 Å². The van der Waals surface area contributed by atoms with Gasteiger partial charge in [0, 0.05) is 31.5 Å². The van der Waals surface area contributed by atoms with Gasteiger partial charge in [0.05, 0.1) is 12.8 Å². The molecule has 1 aromatic carbocycles. The predicted octanol–water partition coefficient (Wildman–Crippen LogP) is 4.20. The maximum absolute atomic E-state index is 12.7. The Morgan fingerprint density at radius 1 is 1.37 bits per heavy atom. The number of amides is 1. The lowest BCUT2D eigenvalue weighted by Gasteiger charge is -2.19. The molecule has 30 heavy (non-hydrogen) atoms. The maximum Gasteiger partial charge on any atom is 0.291 e. The van der Waals surface area contributed by atoms with Crippen LogP contribution in [0.2, 0.25) is 0 Å². The molecule has 1 aliphatic rings. The Morgan fingerprint density at radius 3 is 2.93 bits per heavy atom. The van der Waals surface area contributed by atoms with Gasteiger partial charge >= 0.3 is 0 Å². The highest BCUT2D eigenvalue weighted by atomic mass is 16.5. The number of H-pyrrole nitrogens is 1. The Kier molecular flexibility index (Phi) is 7.70. The lowest BCUT2D eigenvalue weighted by Crippen LogP contribution is -2.21. The average molecular weight is 408 g/mol. The molecule has 0 saturated carbocycles. The van der Waals surface area contributed by atoms with Crippen molar-refractivity contribution in [3.05, 3.63) is 54.0 Å². The first-order valence-corrected chi connectivity index (χ1v) is 10.2. The number of benzene rings is 1. The van der Waals surface area contributed by atoms with Gasteiger partial charge in [-0.3, -0.25) is 4.79 Å². The number of hydrogen-bond acceptors (Lipinski definition) is 5. The molecule has 158 valence electrons. The number of aromatic amines is 1. The minimum absolute atomic E-state index is 0.205. The summed E-state index contributed by atoms with van der Waals surface area (Å²) < 4.78 is 5.07. The summed E-state index contributed by atoms with van der Waals surface area (Å²) in [5.74, 6) is 0.357. The van der Waals surface area contributed by atoms with Crippen molar-refractivity contribution in [3.63, 3.8) is 0 Å². The normalized spacial score (nSPS) is 13.6. The van der Waals surface area contributed by atoms with Crippen LogP contribution in [0.4, 0.5) is 11.5 Å². The van der Waals surface area contributed by atoms with Crippen molar-refractivity contribution in [1.29, 1.82) is 0 Å². The molecule has 1 aromatic heterocycles. The molecule has 3 N–H and O–H groups in total. The number of allylic oxidation sites excluding steroid dienone is 2. The highest BCUT2D eigenvalue weighted by Gasteiger charge is 2.17. The van der Waals surface area contributed by atoms with Crippen LogP contribution < -0.4 is 10.6 Å². The lowest BCUT2D eigenvalue weighted by atomic mass is 9.90. The summed E-state index contributed by atoms with van der Waals surface area (Å²) in [5, 5.41) is 6.31. The van der Waals surface area contributed by atoms with Crippen LogP contribution in [-0.2, 0) is 4.74 Å². The van der Waals surface area contributed by atoms with Crippen LogP contribution in [0.15, 0.2) is 42.0 Å². The Hall–Kier alpha value is -3.03. The van der Waals surface area contributed by atoms with Crippen LogP contribution in [0, 0.1) is 0 Å². The lowest BCUT2D eigenvalue weighted by molar-refractivity contribution is 0.101. The molecule has 0 saturated heterocycles. The fourth-order valence-corrected chi connectivity index (χ4v) is 3.43. The largest absolute Gasteiger partial charge is 0.383 e. The van der Waals surface area contributed by atoms with E-state index in [1.807, 2.05) is 12.1 Å². The molecule has 0 spiro atoms. The van der Waals surface area contributed by atoms with Gasteiger partial charge in [-0.2, -0.15) is 0 Å². The summed E-state index contributed by atoms with van der Waals surface area (Å²) in [6.45, 7) is 9.76. The second-order valence-electron chi connectivity index (χ2n) is 7.24. The van der Waals surface area contributed by atoms with Gasteiger partial charge < -0.3 is 20.4 Å². The summed E-state index contributed by atoms with van der Waals surface area (Å²) in [5.41, 5.74) is 5.10. The van der Waals surface area contributed by atoms with E-state index in [4.69, 9.17) is 4.74 Å².